The first-order valence-electron chi connectivity index (χ1n) is 2.82. The zero-order chi connectivity index (χ0) is 6.95. The summed E-state index contributed by atoms with van der Waals surface area (Å²) in [4.78, 5) is 0. The van der Waals surface area contributed by atoms with Crippen molar-refractivity contribution in [3.05, 3.63) is 0 Å². The van der Waals surface area contributed by atoms with Crippen LogP contribution in [0.15, 0.2) is 0 Å². The molecule has 1 fully saturated rings. The fraction of sp³-hybridized carbons (Fsp3) is 0.800. The highest BCUT2D eigenvalue weighted by Gasteiger charge is 1.96. The van der Waals surface area contributed by atoms with Crippen molar-refractivity contribution in [2.24, 2.45) is 0 Å². The Labute approximate surface area is 60.4 Å². The maximum atomic E-state index is 7.13. The molecule has 4 heteroatoms. The van der Waals surface area contributed by atoms with E-state index in [-0.39, 0.29) is 0 Å². The fourth-order valence-electron chi connectivity index (χ4n) is 0.580. The summed E-state index contributed by atoms with van der Waals surface area (Å²) in [6, 6.07) is 0. The van der Waals surface area contributed by atoms with Crippen LogP contribution >= 0.6 is 0 Å². The summed E-state index contributed by atoms with van der Waals surface area (Å²) in [5.41, 5.74) is 0. The van der Waals surface area contributed by atoms with Crippen LogP contribution in [0.25, 0.3) is 0 Å². The number of hydrogen-bond donors (Lipinski definition) is 1. The zero-order valence-corrected chi connectivity index (χ0v) is 5.99. The maximum absolute atomic E-state index is 7.13. The van der Waals surface area contributed by atoms with Crippen molar-refractivity contribution >= 4 is 12.6 Å². The van der Waals surface area contributed by atoms with E-state index in [0.717, 1.165) is 26.3 Å². The summed E-state index contributed by atoms with van der Waals surface area (Å²) in [5.74, 6) is 0. The lowest BCUT2D eigenvalue weighted by Crippen LogP contribution is -2.87. The number of nitrogens with zero attached hydrogens (tertiary/aromatic N) is 1. The van der Waals surface area contributed by atoms with Gasteiger partial charge in [-0.15, -0.1) is 0 Å². The summed E-state index contributed by atoms with van der Waals surface area (Å²) >= 11 is 3.70. The minimum absolute atomic E-state index is 0.944. The van der Waals surface area contributed by atoms with Gasteiger partial charge in [-0.25, -0.2) is 5.26 Å². The van der Waals surface area contributed by atoms with Crippen LogP contribution in [0.3, 0.4) is 0 Å². The Morgan fingerprint density at radius 1 is 1.44 bits per heavy atom. The Balaban J connectivity index is 0.000000187. The van der Waals surface area contributed by atoms with E-state index in [0.29, 0.717) is 0 Å². The van der Waals surface area contributed by atoms with Gasteiger partial charge in [0.05, 0.1) is 26.3 Å². The predicted octanol–water partition coefficient (Wildman–Crippen LogP) is -1.41. The molecule has 1 heterocycles. The molecule has 0 saturated carbocycles. The third kappa shape index (κ3) is 7.63. The van der Waals surface area contributed by atoms with Gasteiger partial charge in [-0.2, -0.15) is 0 Å². The molecule has 0 aromatic rings. The lowest BCUT2D eigenvalue weighted by atomic mass is 10.5. The standard InChI is InChI=1S/C4H9NO.CHNS/c1-3-6-4-2-5-1;2-1-3/h5H,1-4H2;3H. The normalized spacial score (nSPS) is 16.8. The van der Waals surface area contributed by atoms with Crippen molar-refractivity contribution < 1.29 is 10.1 Å². The monoisotopic (exact) mass is 146 g/mol. The van der Waals surface area contributed by atoms with Crippen LogP contribution in [0.4, 0.5) is 0 Å². The Bertz CT molecular complexity index is 75.9. The summed E-state index contributed by atoms with van der Waals surface area (Å²) < 4.78 is 5.04. The minimum atomic E-state index is 0.944. The second-order valence-electron chi connectivity index (χ2n) is 1.57. The second-order valence-corrected chi connectivity index (χ2v) is 1.75. The molecular weight excluding hydrogens is 136 g/mol. The highest BCUT2D eigenvalue weighted by atomic mass is 32.1. The zero-order valence-electron chi connectivity index (χ0n) is 5.17. The second kappa shape index (κ2) is 7.63. The van der Waals surface area contributed by atoms with Crippen molar-refractivity contribution in [3.63, 3.8) is 0 Å². The van der Waals surface area contributed by atoms with Crippen LogP contribution in [0.5, 0.6) is 0 Å². The Morgan fingerprint density at radius 3 is 2.00 bits per heavy atom. The molecule has 52 valence electrons. The van der Waals surface area contributed by atoms with E-state index >= 15 is 0 Å². The third-order valence-corrected chi connectivity index (χ3v) is 0.933. The van der Waals surface area contributed by atoms with Crippen LogP contribution in [-0.4, -0.2) is 26.3 Å². The molecule has 0 amide bonds. The highest BCUT2D eigenvalue weighted by molar-refractivity contribution is 7.64. The van der Waals surface area contributed by atoms with Gasteiger partial charge in [0.1, 0.15) is 0 Å². The number of ether oxygens (including phenoxy) is 1. The smallest absolute Gasteiger partial charge is 0.0993 e. The number of hydrogen-bond acceptors (Lipinski definition) is 3. The number of nitriles is 1. The molecule has 0 aromatic heterocycles. The van der Waals surface area contributed by atoms with Gasteiger partial charge in [-0.3, -0.25) is 0 Å². The highest BCUT2D eigenvalue weighted by Crippen LogP contribution is 1.69. The van der Waals surface area contributed by atoms with E-state index in [1.54, 1.807) is 0 Å². The van der Waals surface area contributed by atoms with Crippen molar-refractivity contribution in [2.45, 2.75) is 0 Å². The largest absolute Gasteiger partial charge is 0.696 e. The van der Waals surface area contributed by atoms with E-state index in [1.807, 2.05) is 0 Å². The van der Waals surface area contributed by atoms with Gasteiger partial charge in [-0.05, 0) is 0 Å². The van der Waals surface area contributed by atoms with Crippen LogP contribution < -0.4 is 5.32 Å². The first-order valence-corrected chi connectivity index (χ1v) is 3.23. The molecule has 2 N–H and O–H groups in total. The van der Waals surface area contributed by atoms with Crippen molar-refractivity contribution in [2.75, 3.05) is 26.3 Å². The van der Waals surface area contributed by atoms with E-state index < -0.39 is 0 Å². The lowest BCUT2D eigenvalue weighted by Gasteiger charge is -2.07. The van der Waals surface area contributed by atoms with Crippen LogP contribution in [0.1, 0.15) is 0 Å². The number of rotatable bonds is 0. The molecule has 1 saturated heterocycles. The van der Waals surface area contributed by atoms with Crippen LogP contribution in [-0.2, 0) is 17.4 Å². The lowest BCUT2D eigenvalue weighted by molar-refractivity contribution is -0.670. The number of thiocyanates is 1. The Kier molecular flexibility index (Phi) is 7.32. The topological polar surface area (TPSA) is 49.6 Å². The molecule has 0 radical (unpaired) electrons. The third-order valence-electron chi connectivity index (χ3n) is 0.933. The summed E-state index contributed by atoms with van der Waals surface area (Å²) in [6.45, 7) is 4.19. The molecule has 3 nitrogen and oxygen atoms in total. The molecule has 1 rings (SSSR count). The Hall–Kier alpha value is -0.370. The molecule has 0 bridgehead atoms. The van der Waals surface area contributed by atoms with E-state index in [2.05, 4.69) is 17.9 Å². The van der Waals surface area contributed by atoms with Crippen molar-refractivity contribution in [3.8, 4) is 5.40 Å². The van der Waals surface area contributed by atoms with Gasteiger partial charge < -0.3 is 22.7 Å². The molecule has 0 unspecified atom stereocenters. The molecule has 0 aromatic carbocycles. The first kappa shape index (κ1) is 8.63. The van der Waals surface area contributed by atoms with Gasteiger partial charge in [0.15, 0.2) is 0 Å². The first-order chi connectivity index (χ1) is 4.41. The molecule has 1 aliphatic heterocycles. The fourth-order valence-corrected chi connectivity index (χ4v) is 0.580. The number of quaternary nitrogens is 1. The molecule has 9 heavy (non-hydrogen) atoms. The van der Waals surface area contributed by atoms with E-state index in [1.165, 1.54) is 5.40 Å². The van der Waals surface area contributed by atoms with Gasteiger partial charge in [0, 0.05) is 0 Å². The molecular formula is C5H10N2OS. The van der Waals surface area contributed by atoms with Gasteiger partial charge in [-0.1, -0.05) is 5.40 Å². The quantitative estimate of drug-likeness (QED) is 0.337. The molecule has 0 aliphatic carbocycles. The SMILES string of the molecule is C1COCC[NH2+]1.N#C[S-]. The number of morpholine rings is 1. The summed E-state index contributed by atoms with van der Waals surface area (Å²) in [6.07, 6.45) is 0. The van der Waals surface area contributed by atoms with Gasteiger partial charge in [0.2, 0.25) is 0 Å². The average Bonchev–Trinajstić information content (AvgIpc) is 1.93. The number of nitrogens with two attached hydrogens (primary N) is 1. The van der Waals surface area contributed by atoms with E-state index in [4.69, 9.17) is 10.00 Å². The maximum Gasteiger partial charge on any atom is 0.0993 e. The van der Waals surface area contributed by atoms with Gasteiger partial charge in [0.25, 0.3) is 0 Å². The average molecular weight is 146 g/mol. The van der Waals surface area contributed by atoms with E-state index in [9.17, 15) is 0 Å². The van der Waals surface area contributed by atoms with Crippen LogP contribution in [0, 0.1) is 10.7 Å². The van der Waals surface area contributed by atoms with Crippen molar-refractivity contribution in [1.29, 1.82) is 5.26 Å². The Morgan fingerprint density at radius 2 is 1.89 bits per heavy atom. The molecule has 1 aliphatic rings. The predicted molar refractivity (Wildman–Crippen MR) is 35.5 cm³/mol. The van der Waals surface area contributed by atoms with Gasteiger partial charge >= 0.3 is 0 Å². The minimum Gasteiger partial charge on any atom is -0.696 e. The van der Waals surface area contributed by atoms with Crippen molar-refractivity contribution in [1.82, 2.24) is 0 Å². The summed E-state index contributed by atoms with van der Waals surface area (Å²) in [7, 11) is 0. The summed E-state index contributed by atoms with van der Waals surface area (Å²) in [5, 5.41) is 10.7. The molecule has 0 atom stereocenters. The molecule has 0 spiro atoms. The van der Waals surface area contributed by atoms with Crippen LogP contribution in [0.2, 0.25) is 0 Å².